The highest BCUT2D eigenvalue weighted by Gasteiger charge is 2.21. The van der Waals surface area contributed by atoms with Crippen LogP contribution in [-0.2, 0) is 19.5 Å². The summed E-state index contributed by atoms with van der Waals surface area (Å²) in [7, 11) is 0. The van der Waals surface area contributed by atoms with Gasteiger partial charge in [0.05, 0.1) is 11.9 Å². The Morgan fingerprint density at radius 3 is 3.00 bits per heavy atom. The van der Waals surface area contributed by atoms with Gasteiger partial charge < -0.3 is 4.42 Å². The van der Waals surface area contributed by atoms with E-state index in [1.165, 1.54) is 16.8 Å². The number of benzene rings is 1. The molecular weight excluding hydrogens is 288 g/mol. The van der Waals surface area contributed by atoms with E-state index in [0.29, 0.717) is 0 Å². The van der Waals surface area contributed by atoms with E-state index in [-0.39, 0.29) is 0 Å². The standard InChI is InChI=1S/C18H20N4O/c1-12-5-3-4-6-15(12)18-20-17(13(2)23-18)11-22-8-7-16-14(10-22)9-19-21-16/h3-6,9H,7-8,10-11H2,1-2H3,(H,19,21). The molecule has 3 heterocycles. The molecule has 5 nitrogen and oxygen atoms in total. The predicted molar refractivity (Wildman–Crippen MR) is 87.8 cm³/mol. The molecule has 0 atom stereocenters. The summed E-state index contributed by atoms with van der Waals surface area (Å²) in [5.74, 6) is 1.62. The van der Waals surface area contributed by atoms with E-state index in [2.05, 4.69) is 34.2 Å². The number of nitrogens with one attached hydrogen (secondary N) is 1. The van der Waals surface area contributed by atoms with Crippen LogP contribution < -0.4 is 0 Å². The van der Waals surface area contributed by atoms with Crippen LogP contribution in [0.25, 0.3) is 11.5 Å². The smallest absolute Gasteiger partial charge is 0.226 e. The minimum Gasteiger partial charge on any atom is -0.441 e. The second-order valence-electron chi connectivity index (χ2n) is 6.17. The van der Waals surface area contributed by atoms with Gasteiger partial charge in [0.1, 0.15) is 5.76 Å². The molecule has 0 bridgehead atoms. The summed E-state index contributed by atoms with van der Waals surface area (Å²) in [6.45, 7) is 6.82. The fourth-order valence-corrected chi connectivity index (χ4v) is 3.13. The fourth-order valence-electron chi connectivity index (χ4n) is 3.13. The molecule has 0 fully saturated rings. The van der Waals surface area contributed by atoms with Crippen LogP contribution in [0.1, 0.15) is 28.3 Å². The minimum atomic E-state index is 0.719. The lowest BCUT2D eigenvalue weighted by molar-refractivity contribution is 0.241. The number of aromatic nitrogens is 3. The molecule has 0 spiro atoms. The van der Waals surface area contributed by atoms with Crippen molar-refractivity contribution in [2.75, 3.05) is 6.54 Å². The highest BCUT2D eigenvalue weighted by Crippen LogP contribution is 2.26. The molecule has 1 aromatic carbocycles. The van der Waals surface area contributed by atoms with E-state index in [4.69, 9.17) is 9.40 Å². The van der Waals surface area contributed by atoms with Crippen molar-refractivity contribution in [1.82, 2.24) is 20.1 Å². The van der Waals surface area contributed by atoms with E-state index in [1.54, 1.807) is 0 Å². The van der Waals surface area contributed by atoms with Crippen LogP contribution in [0, 0.1) is 13.8 Å². The van der Waals surface area contributed by atoms with Crippen LogP contribution >= 0.6 is 0 Å². The maximum atomic E-state index is 5.92. The van der Waals surface area contributed by atoms with Gasteiger partial charge in [-0.15, -0.1) is 0 Å². The molecule has 1 aliphatic heterocycles. The van der Waals surface area contributed by atoms with Gasteiger partial charge in [0.15, 0.2) is 0 Å². The lowest BCUT2D eigenvalue weighted by Gasteiger charge is -2.25. The number of oxazole rings is 1. The largest absolute Gasteiger partial charge is 0.441 e. The first-order valence-electron chi connectivity index (χ1n) is 7.96. The van der Waals surface area contributed by atoms with Gasteiger partial charge in [0, 0.05) is 42.9 Å². The molecule has 23 heavy (non-hydrogen) atoms. The molecule has 1 N–H and O–H groups in total. The average molecular weight is 308 g/mol. The number of aromatic amines is 1. The number of fused-ring (bicyclic) bond motifs is 1. The first-order chi connectivity index (χ1) is 11.2. The van der Waals surface area contributed by atoms with E-state index in [1.807, 2.05) is 25.3 Å². The average Bonchev–Trinajstić information content (AvgIpc) is 3.14. The Kier molecular flexibility index (Phi) is 3.50. The molecule has 0 amide bonds. The van der Waals surface area contributed by atoms with E-state index in [0.717, 1.165) is 49.0 Å². The first kappa shape index (κ1) is 14.2. The molecule has 0 saturated carbocycles. The molecule has 0 unspecified atom stereocenters. The maximum Gasteiger partial charge on any atom is 0.226 e. The highest BCUT2D eigenvalue weighted by atomic mass is 16.4. The van der Waals surface area contributed by atoms with E-state index in [9.17, 15) is 0 Å². The van der Waals surface area contributed by atoms with Gasteiger partial charge in [-0.05, 0) is 25.5 Å². The van der Waals surface area contributed by atoms with Crippen LogP contribution in [0.4, 0.5) is 0 Å². The van der Waals surface area contributed by atoms with Crippen molar-refractivity contribution in [3.63, 3.8) is 0 Å². The van der Waals surface area contributed by atoms with Crippen LogP contribution in [0.3, 0.4) is 0 Å². The zero-order valence-corrected chi connectivity index (χ0v) is 13.5. The van der Waals surface area contributed by atoms with Gasteiger partial charge in [-0.2, -0.15) is 5.10 Å². The van der Waals surface area contributed by atoms with Crippen LogP contribution in [0.15, 0.2) is 34.9 Å². The molecule has 1 aliphatic rings. The van der Waals surface area contributed by atoms with Gasteiger partial charge in [0.2, 0.25) is 5.89 Å². The maximum absolute atomic E-state index is 5.92. The van der Waals surface area contributed by atoms with Crippen LogP contribution in [-0.4, -0.2) is 26.6 Å². The Balaban J connectivity index is 1.56. The number of rotatable bonds is 3. The van der Waals surface area contributed by atoms with Gasteiger partial charge in [-0.25, -0.2) is 4.98 Å². The van der Waals surface area contributed by atoms with E-state index < -0.39 is 0 Å². The van der Waals surface area contributed by atoms with Gasteiger partial charge in [-0.1, -0.05) is 18.2 Å². The molecule has 0 saturated heterocycles. The molecular formula is C18H20N4O. The molecule has 0 aliphatic carbocycles. The Morgan fingerprint density at radius 1 is 1.26 bits per heavy atom. The van der Waals surface area contributed by atoms with Crippen molar-refractivity contribution >= 4 is 0 Å². The molecule has 2 aromatic heterocycles. The van der Waals surface area contributed by atoms with Gasteiger partial charge >= 0.3 is 0 Å². The van der Waals surface area contributed by atoms with Crippen molar-refractivity contribution in [3.8, 4) is 11.5 Å². The van der Waals surface area contributed by atoms with Gasteiger partial charge in [0.25, 0.3) is 0 Å². The SMILES string of the molecule is Cc1ccccc1-c1nc(CN2CCc3[nH]ncc3C2)c(C)o1. The quantitative estimate of drug-likeness (QED) is 0.807. The molecule has 0 radical (unpaired) electrons. The number of H-pyrrole nitrogens is 1. The molecule has 3 aromatic rings. The van der Waals surface area contributed by atoms with Crippen molar-refractivity contribution < 1.29 is 4.42 Å². The number of aryl methyl sites for hydroxylation is 2. The van der Waals surface area contributed by atoms with Crippen molar-refractivity contribution in [2.45, 2.75) is 33.4 Å². The second kappa shape index (κ2) is 5.66. The Hall–Kier alpha value is -2.40. The minimum absolute atomic E-state index is 0.719. The molecule has 5 heteroatoms. The lowest BCUT2D eigenvalue weighted by Crippen LogP contribution is -2.30. The summed E-state index contributed by atoms with van der Waals surface area (Å²) in [6.07, 6.45) is 2.94. The normalized spacial score (nSPS) is 14.9. The summed E-state index contributed by atoms with van der Waals surface area (Å²) < 4.78 is 5.92. The number of hydrogen-bond donors (Lipinski definition) is 1. The zero-order chi connectivity index (χ0) is 15.8. The topological polar surface area (TPSA) is 58.0 Å². The summed E-state index contributed by atoms with van der Waals surface area (Å²) in [6, 6.07) is 8.20. The summed E-state index contributed by atoms with van der Waals surface area (Å²) in [4.78, 5) is 7.14. The van der Waals surface area contributed by atoms with Crippen molar-refractivity contribution in [2.24, 2.45) is 0 Å². The fraction of sp³-hybridized carbons (Fsp3) is 0.333. The number of nitrogens with zero attached hydrogens (tertiary/aromatic N) is 3. The third-order valence-corrected chi connectivity index (χ3v) is 4.52. The Labute approximate surface area is 135 Å². The molecule has 118 valence electrons. The van der Waals surface area contributed by atoms with Crippen LogP contribution in [0.5, 0.6) is 0 Å². The van der Waals surface area contributed by atoms with Crippen molar-refractivity contribution in [1.29, 1.82) is 0 Å². The summed E-state index contributed by atoms with van der Waals surface area (Å²) in [5.41, 5.74) is 5.82. The lowest BCUT2D eigenvalue weighted by atomic mass is 10.1. The van der Waals surface area contributed by atoms with Crippen molar-refractivity contribution in [3.05, 3.63) is 58.7 Å². The third-order valence-electron chi connectivity index (χ3n) is 4.52. The highest BCUT2D eigenvalue weighted by molar-refractivity contribution is 5.58. The number of hydrogen-bond acceptors (Lipinski definition) is 4. The van der Waals surface area contributed by atoms with Gasteiger partial charge in [-0.3, -0.25) is 10.00 Å². The summed E-state index contributed by atoms with van der Waals surface area (Å²) in [5, 5.41) is 7.20. The monoisotopic (exact) mass is 308 g/mol. The first-order valence-corrected chi connectivity index (χ1v) is 7.96. The Morgan fingerprint density at radius 2 is 2.13 bits per heavy atom. The predicted octanol–water partition coefficient (Wildman–Crippen LogP) is 3.24. The third kappa shape index (κ3) is 2.68. The second-order valence-corrected chi connectivity index (χ2v) is 6.17. The Bertz CT molecular complexity index is 833. The molecule has 4 rings (SSSR count). The summed E-state index contributed by atoms with van der Waals surface area (Å²) >= 11 is 0. The zero-order valence-electron chi connectivity index (χ0n) is 13.5. The van der Waals surface area contributed by atoms with Crippen LogP contribution in [0.2, 0.25) is 0 Å². The van der Waals surface area contributed by atoms with E-state index >= 15 is 0 Å².